The minimum Gasteiger partial charge on any atom is -0.493 e. The van der Waals surface area contributed by atoms with Crippen LogP contribution in [-0.4, -0.2) is 38.9 Å². The predicted molar refractivity (Wildman–Crippen MR) is 88.4 cm³/mol. The molecule has 2 N–H and O–H groups in total. The third kappa shape index (κ3) is 5.63. The Labute approximate surface area is 137 Å². The van der Waals surface area contributed by atoms with Crippen molar-refractivity contribution >= 4 is 5.97 Å². The smallest absolute Gasteiger partial charge is 0.307 e. The Kier molecular flexibility index (Phi) is 7.68. The van der Waals surface area contributed by atoms with E-state index < -0.39 is 11.9 Å². The van der Waals surface area contributed by atoms with Gasteiger partial charge in [-0.05, 0) is 30.0 Å². The first-order chi connectivity index (χ1) is 10.9. The average Bonchev–Trinajstić information content (AvgIpc) is 2.52. The van der Waals surface area contributed by atoms with Gasteiger partial charge in [-0.3, -0.25) is 4.79 Å². The first-order valence-electron chi connectivity index (χ1n) is 7.65. The van der Waals surface area contributed by atoms with Crippen molar-refractivity contribution in [2.24, 2.45) is 11.8 Å². The third-order valence-corrected chi connectivity index (χ3v) is 3.55. The summed E-state index contributed by atoms with van der Waals surface area (Å²) in [5, 5.41) is 12.5. The molecule has 130 valence electrons. The highest BCUT2D eigenvalue weighted by molar-refractivity contribution is 5.70. The molecule has 0 heterocycles. The Morgan fingerprint density at radius 3 is 2.09 bits per heavy atom. The number of carbonyl (C=O) groups is 1. The monoisotopic (exact) mass is 325 g/mol. The van der Waals surface area contributed by atoms with Gasteiger partial charge in [-0.25, -0.2) is 0 Å². The summed E-state index contributed by atoms with van der Waals surface area (Å²) >= 11 is 0. The summed E-state index contributed by atoms with van der Waals surface area (Å²) in [5.41, 5.74) is 0.938. The number of hydrogen-bond donors (Lipinski definition) is 2. The molecule has 23 heavy (non-hydrogen) atoms. The van der Waals surface area contributed by atoms with Crippen molar-refractivity contribution in [3.05, 3.63) is 17.7 Å². The van der Waals surface area contributed by atoms with E-state index in [1.165, 1.54) is 0 Å². The van der Waals surface area contributed by atoms with E-state index in [0.717, 1.165) is 5.56 Å². The van der Waals surface area contributed by atoms with Crippen LogP contribution in [0.2, 0.25) is 0 Å². The van der Waals surface area contributed by atoms with Crippen LogP contribution in [-0.2, 0) is 11.3 Å². The van der Waals surface area contributed by atoms with Crippen LogP contribution in [0.5, 0.6) is 17.2 Å². The summed E-state index contributed by atoms with van der Waals surface area (Å²) in [7, 11) is 4.69. The fraction of sp³-hybridized carbons (Fsp3) is 0.588. The minimum absolute atomic E-state index is 0.346. The van der Waals surface area contributed by atoms with Crippen molar-refractivity contribution in [3.63, 3.8) is 0 Å². The number of ether oxygens (including phenoxy) is 3. The Morgan fingerprint density at radius 1 is 1.13 bits per heavy atom. The van der Waals surface area contributed by atoms with Gasteiger partial charge in [0.25, 0.3) is 0 Å². The van der Waals surface area contributed by atoms with Crippen molar-refractivity contribution in [2.75, 3.05) is 27.9 Å². The fourth-order valence-corrected chi connectivity index (χ4v) is 2.47. The number of benzene rings is 1. The number of carboxylic acid groups (broad SMARTS) is 1. The maximum atomic E-state index is 11.3. The lowest BCUT2D eigenvalue weighted by Crippen LogP contribution is -2.29. The van der Waals surface area contributed by atoms with Gasteiger partial charge in [0.2, 0.25) is 5.75 Å². The van der Waals surface area contributed by atoms with Crippen LogP contribution in [0.15, 0.2) is 12.1 Å². The molecule has 6 nitrogen and oxygen atoms in total. The lowest BCUT2D eigenvalue weighted by molar-refractivity contribution is -0.142. The molecule has 1 aromatic carbocycles. The van der Waals surface area contributed by atoms with Crippen LogP contribution >= 0.6 is 0 Å². The molecular formula is C17H27NO5. The fourth-order valence-electron chi connectivity index (χ4n) is 2.47. The molecule has 0 aromatic heterocycles. The topological polar surface area (TPSA) is 77.0 Å². The normalized spacial score (nSPS) is 12.1. The molecule has 1 aromatic rings. The molecule has 0 amide bonds. The van der Waals surface area contributed by atoms with Crippen molar-refractivity contribution in [2.45, 2.75) is 26.8 Å². The summed E-state index contributed by atoms with van der Waals surface area (Å²) < 4.78 is 15.9. The van der Waals surface area contributed by atoms with Gasteiger partial charge in [-0.2, -0.15) is 0 Å². The highest BCUT2D eigenvalue weighted by Gasteiger charge is 2.19. The summed E-state index contributed by atoms with van der Waals surface area (Å²) in [6.07, 6.45) is 0.650. The van der Waals surface area contributed by atoms with E-state index in [0.29, 0.717) is 42.7 Å². The molecule has 0 radical (unpaired) electrons. The van der Waals surface area contributed by atoms with E-state index in [1.54, 1.807) is 21.3 Å². The molecule has 6 heteroatoms. The summed E-state index contributed by atoms with van der Waals surface area (Å²) in [6, 6.07) is 3.71. The van der Waals surface area contributed by atoms with Gasteiger partial charge in [0.05, 0.1) is 27.2 Å². The largest absolute Gasteiger partial charge is 0.493 e. The van der Waals surface area contributed by atoms with E-state index in [4.69, 9.17) is 14.2 Å². The van der Waals surface area contributed by atoms with Gasteiger partial charge in [-0.15, -0.1) is 0 Å². The first-order valence-corrected chi connectivity index (χ1v) is 7.65. The highest BCUT2D eigenvalue weighted by Crippen LogP contribution is 2.38. The van der Waals surface area contributed by atoms with Gasteiger partial charge in [0.1, 0.15) is 0 Å². The van der Waals surface area contributed by atoms with Crippen molar-refractivity contribution in [1.29, 1.82) is 0 Å². The highest BCUT2D eigenvalue weighted by atomic mass is 16.5. The molecule has 0 saturated heterocycles. The standard InChI is InChI=1S/C17H27NO5/c1-11(2)6-13(17(19)20)10-18-9-12-7-14(21-3)16(23-5)15(8-12)22-4/h7-8,11,13,18H,6,9-10H2,1-5H3,(H,19,20). The molecule has 1 rings (SSSR count). The molecular weight excluding hydrogens is 298 g/mol. The first kappa shape index (κ1) is 19.1. The number of rotatable bonds is 10. The molecule has 0 bridgehead atoms. The minimum atomic E-state index is -0.768. The van der Waals surface area contributed by atoms with Gasteiger partial charge in [0.15, 0.2) is 11.5 Å². The number of aliphatic carboxylic acids is 1. The third-order valence-electron chi connectivity index (χ3n) is 3.55. The molecule has 0 fully saturated rings. The second-order valence-electron chi connectivity index (χ2n) is 5.83. The molecule has 0 aliphatic heterocycles. The number of nitrogens with one attached hydrogen (secondary N) is 1. The maximum Gasteiger partial charge on any atom is 0.307 e. The molecule has 0 aliphatic carbocycles. The van der Waals surface area contributed by atoms with Gasteiger partial charge < -0.3 is 24.6 Å². The Morgan fingerprint density at radius 2 is 1.70 bits per heavy atom. The van der Waals surface area contributed by atoms with Crippen LogP contribution < -0.4 is 19.5 Å². The van der Waals surface area contributed by atoms with Crippen LogP contribution in [0, 0.1) is 11.8 Å². The summed E-state index contributed by atoms with van der Waals surface area (Å²) in [6.45, 7) is 4.99. The van der Waals surface area contributed by atoms with Crippen LogP contribution in [0.3, 0.4) is 0 Å². The van der Waals surface area contributed by atoms with Crippen LogP contribution in [0.4, 0.5) is 0 Å². The zero-order chi connectivity index (χ0) is 17.4. The zero-order valence-corrected chi connectivity index (χ0v) is 14.5. The quantitative estimate of drug-likeness (QED) is 0.688. The number of carboxylic acids is 1. The molecule has 0 spiro atoms. The van der Waals surface area contributed by atoms with E-state index in [1.807, 2.05) is 26.0 Å². The molecule has 1 atom stereocenters. The Balaban J connectivity index is 2.75. The second kappa shape index (κ2) is 9.25. The zero-order valence-electron chi connectivity index (χ0n) is 14.5. The van der Waals surface area contributed by atoms with Crippen molar-refractivity contribution in [1.82, 2.24) is 5.32 Å². The Hall–Kier alpha value is -1.95. The van der Waals surface area contributed by atoms with Gasteiger partial charge in [-0.1, -0.05) is 13.8 Å². The number of methoxy groups -OCH3 is 3. The van der Waals surface area contributed by atoms with E-state index >= 15 is 0 Å². The maximum absolute atomic E-state index is 11.3. The van der Waals surface area contributed by atoms with Crippen molar-refractivity contribution < 1.29 is 24.1 Å². The molecule has 0 aliphatic rings. The lowest BCUT2D eigenvalue weighted by atomic mass is 9.97. The summed E-state index contributed by atoms with van der Waals surface area (Å²) in [5.74, 6) is 0.899. The molecule has 0 saturated carbocycles. The van der Waals surface area contributed by atoms with E-state index in [-0.39, 0.29) is 0 Å². The van der Waals surface area contributed by atoms with Crippen LogP contribution in [0.25, 0.3) is 0 Å². The van der Waals surface area contributed by atoms with E-state index in [9.17, 15) is 9.90 Å². The van der Waals surface area contributed by atoms with E-state index in [2.05, 4.69) is 5.32 Å². The van der Waals surface area contributed by atoms with Crippen molar-refractivity contribution in [3.8, 4) is 17.2 Å². The van der Waals surface area contributed by atoms with Crippen LogP contribution in [0.1, 0.15) is 25.8 Å². The predicted octanol–water partition coefficient (Wildman–Crippen LogP) is 2.55. The van der Waals surface area contributed by atoms with Gasteiger partial charge >= 0.3 is 5.97 Å². The second-order valence-corrected chi connectivity index (χ2v) is 5.83. The summed E-state index contributed by atoms with van der Waals surface area (Å²) in [4.78, 5) is 11.3. The Bertz CT molecular complexity index is 491. The number of hydrogen-bond acceptors (Lipinski definition) is 5. The molecule has 1 unspecified atom stereocenters. The lowest BCUT2D eigenvalue weighted by Gasteiger charge is -2.17. The average molecular weight is 325 g/mol. The SMILES string of the molecule is COc1cc(CNCC(CC(C)C)C(=O)O)cc(OC)c1OC. The van der Waals surface area contributed by atoms with Gasteiger partial charge in [0, 0.05) is 13.1 Å².